The molecule has 2 atom stereocenters. The Morgan fingerprint density at radius 3 is 2.44 bits per heavy atom. The highest BCUT2D eigenvalue weighted by atomic mass is 16.4. The van der Waals surface area contributed by atoms with Crippen LogP contribution in [-0.4, -0.2) is 28.7 Å². The lowest BCUT2D eigenvalue weighted by molar-refractivity contribution is -0.140. The Bertz CT molecular complexity index is 312. The van der Waals surface area contributed by atoms with Crippen molar-refractivity contribution in [3.05, 3.63) is 0 Å². The maximum absolute atomic E-state index is 11.6. The third-order valence-corrected chi connectivity index (χ3v) is 3.54. The summed E-state index contributed by atoms with van der Waals surface area (Å²) in [5, 5.41) is 14.3. The third-order valence-electron chi connectivity index (χ3n) is 3.54. The molecule has 0 spiro atoms. The Hall–Kier alpha value is -1.26. The van der Waals surface area contributed by atoms with Crippen LogP contribution >= 0.6 is 0 Å². The van der Waals surface area contributed by atoms with Crippen LogP contribution < -0.4 is 10.6 Å². The van der Waals surface area contributed by atoms with E-state index in [1.54, 1.807) is 0 Å². The SMILES string of the molecule is CC1CCC(NC(=O)NC2(C(=O)O)CC2)C1. The third kappa shape index (κ3) is 2.28. The standard InChI is InChI=1S/C11H18N2O3/c1-7-2-3-8(6-7)12-10(16)13-11(4-5-11)9(14)15/h7-8H,2-6H2,1H3,(H,14,15)(H2,12,13,16). The van der Waals surface area contributed by atoms with Gasteiger partial charge < -0.3 is 15.7 Å². The first-order chi connectivity index (χ1) is 7.52. The molecule has 3 N–H and O–H groups in total. The van der Waals surface area contributed by atoms with E-state index in [2.05, 4.69) is 17.6 Å². The summed E-state index contributed by atoms with van der Waals surface area (Å²) in [5.41, 5.74) is -0.978. The fourth-order valence-electron chi connectivity index (χ4n) is 2.29. The molecule has 2 saturated carbocycles. The molecule has 5 nitrogen and oxygen atoms in total. The molecule has 90 valence electrons. The van der Waals surface area contributed by atoms with E-state index in [9.17, 15) is 9.59 Å². The number of rotatable bonds is 3. The topological polar surface area (TPSA) is 78.4 Å². The van der Waals surface area contributed by atoms with E-state index < -0.39 is 11.5 Å². The number of carboxylic acids is 1. The van der Waals surface area contributed by atoms with Gasteiger partial charge in [-0.3, -0.25) is 0 Å². The van der Waals surface area contributed by atoms with Gasteiger partial charge in [0.25, 0.3) is 0 Å². The van der Waals surface area contributed by atoms with Gasteiger partial charge >= 0.3 is 12.0 Å². The van der Waals surface area contributed by atoms with Gasteiger partial charge in [-0.05, 0) is 38.0 Å². The van der Waals surface area contributed by atoms with E-state index in [1.807, 2.05) is 0 Å². The van der Waals surface area contributed by atoms with Gasteiger partial charge in [0, 0.05) is 6.04 Å². The zero-order valence-corrected chi connectivity index (χ0v) is 9.45. The van der Waals surface area contributed by atoms with Gasteiger partial charge in [0.05, 0.1) is 0 Å². The van der Waals surface area contributed by atoms with Crippen molar-refractivity contribution in [3.63, 3.8) is 0 Å². The lowest BCUT2D eigenvalue weighted by Gasteiger charge is -2.17. The fourth-order valence-corrected chi connectivity index (χ4v) is 2.29. The van der Waals surface area contributed by atoms with Gasteiger partial charge in [0.15, 0.2) is 0 Å². The second kappa shape index (κ2) is 3.96. The first kappa shape index (κ1) is 11.2. The second-order valence-electron chi connectivity index (χ2n) is 5.10. The molecule has 0 heterocycles. The molecule has 16 heavy (non-hydrogen) atoms. The van der Waals surface area contributed by atoms with E-state index in [0.29, 0.717) is 18.8 Å². The summed E-state index contributed by atoms with van der Waals surface area (Å²) < 4.78 is 0. The minimum atomic E-state index is -0.978. The Kier molecular flexibility index (Phi) is 2.78. The van der Waals surface area contributed by atoms with Crippen molar-refractivity contribution in [1.29, 1.82) is 0 Å². The van der Waals surface area contributed by atoms with Crippen LogP contribution in [0.25, 0.3) is 0 Å². The average Bonchev–Trinajstić information content (AvgIpc) is 2.85. The molecule has 0 radical (unpaired) electrons. The molecular formula is C11H18N2O3. The molecule has 0 aliphatic heterocycles. The Labute approximate surface area is 94.6 Å². The van der Waals surface area contributed by atoms with Gasteiger partial charge in [-0.15, -0.1) is 0 Å². The van der Waals surface area contributed by atoms with Crippen LogP contribution in [0.15, 0.2) is 0 Å². The predicted octanol–water partition coefficient (Wildman–Crippen LogP) is 1.09. The van der Waals surface area contributed by atoms with Crippen molar-refractivity contribution < 1.29 is 14.7 Å². The molecule has 5 heteroatoms. The minimum Gasteiger partial charge on any atom is -0.480 e. The highest BCUT2D eigenvalue weighted by Crippen LogP contribution is 2.35. The Morgan fingerprint density at radius 2 is 2.00 bits per heavy atom. The maximum atomic E-state index is 11.6. The number of urea groups is 1. The Balaban J connectivity index is 1.79. The number of carbonyl (C=O) groups is 2. The number of aliphatic carboxylic acids is 1. The monoisotopic (exact) mass is 226 g/mol. The van der Waals surface area contributed by atoms with Crippen LogP contribution in [0.2, 0.25) is 0 Å². The highest BCUT2D eigenvalue weighted by molar-refractivity contribution is 5.89. The number of carbonyl (C=O) groups excluding carboxylic acids is 1. The van der Waals surface area contributed by atoms with E-state index in [-0.39, 0.29) is 12.1 Å². The molecule has 2 aliphatic rings. The van der Waals surface area contributed by atoms with Crippen LogP contribution in [0.1, 0.15) is 39.0 Å². The van der Waals surface area contributed by atoms with Crippen molar-refractivity contribution in [3.8, 4) is 0 Å². The summed E-state index contributed by atoms with van der Waals surface area (Å²) in [4.78, 5) is 22.4. The predicted molar refractivity (Wildman–Crippen MR) is 58.1 cm³/mol. The summed E-state index contributed by atoms with van der Waals surface area (Å²) in [5.74, 6) is -0.276. The van der Waals surface area contributed by atoms with Gasteiger partial charge in [-0.25, -0.2) is 9.59 Å². The summed E-state index contributed by atoms with van der Waals surface area (Å²) in [6.07, 6.45) is 4.20. The van der Waals surface area contributed by atoms with Crippen molar-refractivity contribution >= 4 is 12.0 Å². The normalized spacial score (nSPS) is 30.8. The molecule has 0 bridgehead atoms. The van der Waals surface area contributed by atoms with Crippen molar-refractivity contribution in [2.45, 2.75) is 50.6 Å². The van der Waals surface area contributed by atoms with E-state index in [0.717, 1.165) is 19.3 Å². The van der Waals surface area contributed by atoms with Crippen LogP contribution in [0.5, 0.6) is 0 Å². The van der Waals surface area contributed by atoms with Crippen LogP contribution in [0, 0.1) is 5.92 Å². The van der Waals surface area contributed by atoms with Crippen LogP contribution in [0.4, 0.5) is 4.79 Å². The molecule has 2 rings (SSSR count). The quantitative estimate of drug-likeness (QED) is 0.674. The largest absolute Gasteiger partial charge is 0.480 e. The van der Waals surface area contributed by atoms with E-state index in [1.165, 1.54) is 0 Å². The first-order valence-electron chi connectivity index (χ1n) is 5.84. The molecule has 0 saturated heterocycles. The molecule has 2 fully saturated rings. The van der Waals surface area contributed by atoms with Crippen molar-refractivity contribution in [2.75, 3.05) is 0 Å². The van der Waals surface area contributed by atoms with Crippen molar-refractivity contribution in [1.82, 2.24) is 10.6 Å². The lowest BCUT2D eigenvalue weighted by Crippen LogP contribution is -2.50. The van der Waals surface area contributed by atoms with Gasteiger partial charge in [0.1, 0.15) is 5.54 Å². The Morgan fingerprint density at radius 1 is 1.31 bits per heavy atom. The smallest absolute Gasteiger partial charge is 0.329 e. The molecule has 2 unspecified atom stereocenters. The first-order valence-corrected chi connectivity index (χ1v) is 5.84. The van der Waals surface area contributed by atoms with E-state index >= 15 is 0 Å². The average molecular weight is 226 g/mol. The molecule has 0 aromatic rings. The lowest BCUT2D eigenvalue weighted by atomic mass is 10.1. The summed E-state index contributed by atoms with van der Waals surface area (Å²) in [7, 11) is 0. The molecule has 2 aliphatic carbocycles. The summed E-state index contributed by atoms with van der Waals surface area (Å²) in [6, 6.07) is -0.126. The fraction of sp³-hybridized carbons (Fsp3) is 0.818. The van der Waals surface area contributed by atoms with E-state index in [4.69, 9.17) is 5.11 Å². The number of carboxylic acid groups (broad SMARTS) is 1. The zero-order valence-electron chi connectivity index (χ0n) is 9.45. The minimum absolute atomic E-state index is 0.208. The number of hydrogen-bond acceptors (Lipinski definition) is 2. The maximum Gasteiger partial charge on any atom is 0.329 e. The summed E-state index contributed by atoms with van der Waals surface area (Å²) >= 11 is 0. The highest BCUT2D eigenvalue weighted by Gasteiger charge is 2.51. The zero-order chi connectivity index (χ0) is 11.8. The van der Waals surface area contributed by atoms with Gasteiger partial charge in [0.2, 0.25) is 0 Å². The molecular weight excluding hydrogens is 208 g/mol. The van der Waals surface area contributed by atoms with Crippen LogP contribution in [0.3, 0.4) is 0 Å². The second-order valence-corrected chi connectivity index (χ2v) is 5.10. The van der Waals surface area contributed by atoms with Gasteiger partial charge in [-0.2, -0.15) is 0 Å². The number of amides is 2. The molecule has 0 aromatic heterocycles. The summed E-state index contributed by atoms with van der Waals surface area (Å²) in [6.45, 7) is 2.17. The van der Waals surface area contributed by atoms with Crippen LogP contribution in [-0.2, 0) is 4.79 Å². The number of nitrogens with one attached hydrogen (secondary N) is 2. The number of hydrogen-bond donors (Lipinski definition) is 3. The molecule has 0 aromatic carbocycles. The molecule has 2 amide bonds. The van der Waals surface area contributed by atoms with Crippen molar-refractivity contribution in [2.24, 2.45) is 5.92 Å². The van der Waals surface area contributed by atoms with Gasteiger partial charge in [-0.1, -0.05) is 6.92 Å².